The molecule has 0 saturated heterocycles. The van der Waals surface area contributed by atoms with Gasteiger partial charge in [0.2, 0.25) is 0 Å². The number of hydrogen-bond donors (Lipinski definition) is 1. The summed E-state index contributed by atoms with van der Waals surface area (Å²) in [5, 5.41) is 6.36. The van der Waals surface area contributed by atoms with E-state index in [4.69, 9.17) is 26.1 Å². The molecule has 1 aliphatic heterocycles. The first-order valence-corrected chi connectivity index (χ1v) is 12.0. The molecule has 1 aliphatic rings. The molecule has 1 aromatic heterocycles. The molecule has 0 fully saturated rings. The molecule has 3 atom stereocenters. The van der Waals surface area contributed by atoms with E-state index in [1.807, 2.05) is 67.8 Å². The predicted molar refractivity (Wildman–Crippen MR) is 133 cm³/mol. The van der Waals surface area contributed by atoms with Crippen molar-refractivity contribution in [3.63, 3.8) is 0 Å². The molecule has 0 amide bonds. The average Bonchev–Trinajstić information content (AvgIpc) is 3.34. The van der Waals surface area contributed by atoms with Gasteiger partial charge in [-0.2, -0.15) is 0 Å². The number of thiazole rings is 1. The van der Waals surface area contributed by atoms with Gasteiger partial charge in [-0.25, -0.2) is 9.78 Å². The lowest BCUT2D eigenvalue weighted by Crippen LogP contribution is -2.60. The minimum absolute atomic E-state index is 0.372. The standard InChI is InChI=1S/C26H25ClN2O4S/c1-15-21(23(30)32-3)22(17-9-6-5-7-10-17)26(16(2)28-15,25(31)33-4)24-29-20(14-34-24)18-11-8-12-19(27)13-18/h5-14,16,22,28H,1-4H3. The highest BCUT2D eigenvalue weighted by Gasteiger charge is 2.60. The molecule has 0 spiro atoms. The number of halogens is 1. The second-order valence-electron chi connectivity index (χ2n) is 8.15. The Kier molecular flexibility index (Phi) is 6.77. The fourth-order valence-electron chi connectivity index (χ4n) is 4.77. The van der Waals surface area contributed by atoms with Crippen molar-refractivity contribution < 1.29 is 19.1 Å². The van der Waals surface area contributed by atoms with E-state index in [9.17, 15) is 9.59 Å². The second-order valence-corrected chi connectivity index (χ2v) is 9.44. The molecule has 0 bridgehead atoms. The van der Waals surface area contributed by atoms with Crippen molar-refractivity contribution in [2.24, 2.45) is 0 Å². The maximum Gasteiger partial charge on any atom is 0.336 e. The summed E-state index contributed by atoms with van der Waals surface area (Å²) in [6.07, 6.45) is 0. The van der Waals surface area contributed by atoms with Gasteiger partial charge in [0.05, 0.1) is 25.5 Å². The van der Waals surface area contributed by atoms with E-state index in [-0.39, 0.29) is 0 Å². The smallest absolute Gasteiger partial charge is 0.336 e. The molecule has 1 N–H and O–H groups in total. The highest BCUT2D eigenvalue weighted by molar-refractivity contribution is 7.10. The Morgan fingerprint density at radius 2 is 1.82 bits per heavy atom. The number of nitrogens with one attached hydrogen (secondary N) is 1. The lowest BCUT2D eigenvalue weighted by Gasteiger charge is -2.46. The molecular formula is C26H25ClN2O4S. The molecule has 3 unspecified atom stereocenters. The maximum atomic E-state index is 13.8. The first-order chi connectivity index (χ1) is 16.3. The van der Waals surface area contributed by atoms with Crippen LogP contribution in [0, 0.1) is 0 Å². The van der Waals surface area contributed by atoms with Crippen LogP contribution in [-0.2, 0) is 24.5 Å². The SMILES string of the molecule is COC(=O)C1=C(C)NC(C)C(C(=O)OC)(c2nc(-c3cccc(Cl)c3)cs2)C1c1ccccc1. The topological polar surface area (TPSA) is 77.5 Å². The Morgan fingerprint density at radius 3 is 2.47 bits per heavy atom. The minimum atomic E-state index is -1.32. The minimum Gasteiger partial charge on any atom is -0.468 e. The third-order valence-electron chi connectivity index (χ3n) is 6.30. The molecule has 2 heterocycles. The first kappa shape index (κ1) is 24.0. The van der Waals surface area contributed by atoms with Gasteiger partial charge in [0.1, 0.15) is 5.01 Å². The molecule has 0 radical (unpaired) electrons. The molecule has 8 heteroatoms. The number of benzene rings is 2. The molecule has 6 nitrogen and oxygen atoms in total. The number of ether oxygens (including phenoxy) is 2. The number of carbonyl (C=O) groups is 2. The monoisotopic (exact) mass is 496 g/mol. The van der Waals surface area contributed by atoms with E-state index in [1.54, 1.807) is 6.07 Å². The van der Waals surface area contributed by atoms with Gasteiger partial charge in [0.15, 0.2) is 5.41 Å². The van der Waals surface area contributed by atoms with E-state index < -0.39 is 29.3 Å². The predicted octanol–water partition coefficient (Wildman–Crippen LogP) is 5.10. The van der Waals surface area contributed by atoms with Crippen LogP contribution in [0.4, 0.5) is 0 Å². The number of hydrogen-bond acceptors (Lipinski definition) is 7. The van der Waals surface area contributed by atoms with E-state index in [0.29, 0.717) is 27.0 Å². The molecule has 3 aromatic rings. The van der Waals surface area contributed by atoms with E-state index in [2.05, 4.69) is 5.32 Å². The lowest BCUT2D eigenvalue weighted by atomic mass is 9.62. The average molecular weight is 497 g/mol. The highest BCUT2D eigenvalue weighted by Crippen LogP contribution is 2.51. The number of esters is 2. The summed E-state index contributed by atoms with van der Waals surface area (Å²) in [6, 6.07) is 16.4. The van der Waals surface area contributed by atoms with Crippen molar-refractivity contribution >= 4 is 34.9 Å². The van der Waals surface area contributed by atoms with Crippen LogP contribution >= 0.6 is 22.9 Å². The van der Waals surface area contributed by atoms with Crippen molar-refractivity contribution in [2.75, 3.05) is 14.2 Å². The maximum absolute atomic E-state index is 13.8. The van der Waals surface area contributed by atoms with Gasteiger partial charge in [-0.1, -0.05) is 54.1 Å². The van der Waals surface area contributed by atoms with E-state index >= 15 is 0 Å². The number of rotatable bonds is 5. The number of allylic oxidation sites excluding steroid dienone is 1. The summed E-state index contributed by atoms with van der Waals surface area (Å²) in [6.45, 7) is 3.73. The summed E-state index contributed by atoms with van der Waals surface area (Å²) < 4.78 is 10.5. The number of carbonyl (C=O) groups excluding carboxylic acids is 2. The fraction of sp³-hybridized carbons (Fsp3) is 0.269. The summed E-state index contributed by atoms with van der Waals surface area (Å²) >= 11 is 7.55. The van der Waals surface area contributed by atoms with Crippen LogP contribution in [0.2, 0.25) is 5.02 Å². The summed E-state index contributed by atoms with van der Waals surface area (Å²) in [7, 11) is 2.69. The van der Waals surface area contributed by atoms with Gasteiger partial charge in [-0.3, -0.25) is 4.79 Å². The Labute approximate surface area is 207 Å². The Morgan fingerprint density at radius 1 is 1.09 bits per heavy atom. The van der Waals surface area contributed by atoms with Crippen LogP contribution in [0.3, 0.4) is 0 Å². The highest BCUT2D eigenvalue weighted by atomic mass is 35.5. The first-order valence-electron chi connectivity index (χ1n) is 10.8. The number of nitrogens with zero attached hydrogens (tertiary/aromatic N) is 1. The van der Waals surface area contributed by atoms with Crippen LogP contribution in [0.1, 0.15) is 30.3 Å². The molecule has 0 saturated carbocycles. The summed E-state index contributed by atoms with van der Waals surface area (Å²) in [5.41, 5.74) is 2.02. The molecule has 2 aromatic carbocycles. The number of methoxy groups -OCH3 is 2. The zero-order chi connectivity index (χ0) is 24.5. The second kappa shape index (κ2) is 9.60. The summed E-state index contributed by atoms with van der Waals surface area (Å²) in [4.78, 5) is 31.7. The van der Waals surface area contributed by atoms with Crippen LogP contribution in [0.25, 0.3) is 11.3 Å². The van der Waals surface area contributed by atoms with Crippen molar-refractivity contribution in [1.82, 2.24) is 10.3 Å². The quantitative estimate of drug-likeness (QED) is 0.495. The largest absolute Gasteiger partial charge is 0.468 e. The van der Waals surface area contributed by atoms with Crippen molar-refractivity contribution in [3.05, 3.63) is 86.8 Å². The normalized spacial score (nSPS) is 22.1. The Balaban J connectivity index is 2.01. The molecule has 176 valence electrons. The fourth-order valence-corrected chi connectivity index (χ4v) is 6.10. The lowest BCUT2D eigenvalue weighted by molar-refractivity contribution is -0.150. The van der Waals surface area contributed by atoms with E-state index in [1.165, 1.54) is 25.6 Å². The zero-order valence-corrected chi connectivity index (χ0v) is 20.9. The number of aromatic nitrogens is 1. The summed E-state index contributed by atoms with van der Waals surface area (Å²) in [5.74, 6) is -1.67. The van der Waals surface area contributed by atoms with Crippen LogP contribution < -0.4 is 5.32 Å². The zero-order valence-electron chi connectivity index (χ0n) is 19.3. The van der Waals surface area contributed by atoms with Crippen LogP contribution in [0.5, 0.6) is 0 Å². The Hall–Kier alpha value is -3.16. The van der Waals surface area contributed by atoms with Gasteiger partial charge in [-0.05, 0) is 31.5 Å². The van der Waals surface area contributed by atoms with Gasteiger partial charge in [0.25, 0.3) is 0 Å². The van der Waals surface area contributed by atoms with Crippen molar-refractivity contribution in [2.45, 2.75) is 31.2 Å². The van der Waals surface area contributed by atoms with Crippen LogP contribution in [0.15, 0.2) is 71.2 Å². The van der Waals surface area contributed by atoms with Crippen molar-refractivity contribution in [3.8, 4) is 11.3 Å². The van der Waals surface area contributed by atoms with Crippen LogP contribution in [-0.4, -0.2) is 37.2 Å². The molecule has 34 heavy (non-hydrogen) atoms. The molecular weight excluding hydrogens is 472 g/mol. The van der Waals surface area contributed by atoms with Gasteiger partial charge >= 0.3 is 11.9 Å². The van der Waals surface area contributed by atoms with Gasteiger partial charge in [-0.15, -0.1) is 11.3 Å². The third-order valence-corrected chi connectivity index (χ3v) is 7.53. The van der Waals surface area contributed by atoms with E-state index in [0.717, 1.165) is 11.1 Å². The molecule has 0 aliphatic carbocycles. The van der Waals surface area contributed by atoms with Gasteiger partial charge < -0.3 is 14.8 Å². The third kappa shape index (κ3) is 3.89. The Bertz CT molecular complexity index is 1260. The van der Waals surface area contributed by atoms with Crippen molar-refractivity contribution in [1.29, 1.82) is 0 Å². The molecule has 4 rings (SSSR count). The van der Waals surface area contributed by atoms with Gasteiger partial charge in [0, 0.05) is 33.6 Å².